The number of aromatic nitrogens is 2. The van der Waals surface area contributed by atoms with Crippen LogP contribution in [0.25, 0.3) is 10.9 Å². The Morgan fingerprint density at radius 2 is 2.00 bits per heavy atom. The standard InChI is InChI=1S/C18H16BrN3O2/c19-12-5-3-6-13(11-12)20-17(23)10-4-9-16-21-15-8-2-1-7-14(15)18(24)22-16/h1-3,5-8,11H,4,9-10H2,(H,20,23)(H,21,22,24). The molecule has 0 atom stereocenters. The van der Waals surface area contributed by atoms with Gasteiger partial charge in [0.1, 0.15) is 5.82 Å². The third-order valence-electron chi connectivity index (χ3n) is 3.59. The zero-order valence-electron chi connectivity index (χ0n) is 12.9. The van der Waals surface area contributed by atoms with Gasteiger partial charge >= 0.3 is 0 Å². The number of para-hydroxylation sites is 1. The molecular formula is C18H16BrN3O2. The number of anilines is 1. The van der Waals surface area contributed by atoms with E-state index < -0.39 is 0 Å². The Morgan fingerprint density at radius 3 is 2.83 bits per heavy atom. The molecule has 1 amide bonds. The summed E-state index contributed by atoms with van der Waals surface area (Å²) >= 11 is 3.37. The van der Waals surface area contributed by atoms with Gasteiger partial charge in [0, 0.05) is 23.0 Å². The Bertz CT molecular complexity index is 937. The monoisotopic (exact) mass is 385 g/mol. The van der Waals surface area contributed by atoms with E-state index in [1.54, 1.807) is 6.07 Å². The quantitative estimate of drug-likeness (QED) is 0.703. The largest absolute Gasteiger partial charge is 0.326 e. The van der Waals surface area contributed by atoms with Gasteiger partial charge in [0.05, 0.1) is 10.9 Å². The van der Waals surface area contributed by atoms with E-state index in [1.807, 2.05) is 42.5 Å². The highest BCUT2D eigenvalue weighted by Gasteiger charge is 2.06. The summed E-state index contributed by atoms with van der Waals surface area (Å²) < 4.78 is 0.915. The molecule has 3 rings (SSSR count). The second kappa shape index (κ2) is 7.40. The number of rotatable bonds is 5. The maximum absolute atomic E-state index is 12.0. The number of amides is 1. The van der Waals surface area contributed by atoms with Gasteiger partial charge in [-0.3, -0.25) is 9.59 Å². The minimum Gasteiger partial charge on any atom is -0.326 e. The van der Waals surface area contributed by atoms with Gasteiger partial charge in [-0.2, -0.15) is 0 Å². The first-order valence-electron chi connectivity index (χ1n) is 7.65. The Morgan fingerprint density at radius 1 is 1.17 bits per heavy atom. The van der Waals surface area contributed by atoms with Crippen LogP contribution >= 0.6 is 15.9 Å². The Balaban J connectivity index is 1.58. The summed E-state index contributed by atoms with van der Waals surface area (Å²) in [5.41, 5.74) is 1.29. The molecule has 6 heteroatoms. The highest BCUT2D eigenvalue weighted by atomic mass is 79.9. The summed E-state index contributed by atoms with van der Waals surface area (Å²) in [5, 5.41) is 3.43. The van der Waals surface area contributed by atoms with Crippen LogP contribution in [-0.4, -0.2) is 15.9 Å². The van der Waals surface area contributed by atoms with Crippen molar-refractivity contribution in [2.75, 3.05) is 5.32 Å². The highest BCUT2D eigenvalue weighted by molar-refractivity contribution is 9.10. The van der Waals surface area contributed by atoms with Crippen molar-refractivity contribution >= 4 is 38.4 Å². The maximum Gasteiger partial charge on any atom is 0.258 e. The van der Waals surface area contributed by atoms with E-state index in [0.717, 1.165) is 10.2 Å². The average molecular weight is 386 g/mol. The number of hydrogen-bond acceptors (Lipinski definition) is 3. The van der Waals surface area contributed by atoms with Crippen molar-refractivity contribution in [3.63, 3.8) is 0 Å². The molecular weight excluding hydrogens is 370 g/mol. The van der Waals surface area contributed by atoms with Crippen molar-refractivity contribution in [3.8, 4) is 0 Å². The van der Waals surface area contributed by atoms with E-state index in [-0.39, 0.29) is 11.5 Å². The molecule has 1 aromatic heterocycles. The lowest BCUT2D eigenvalue weighted by atomic mass is 10.2. The van der Waals surface area contributed by atoms with Crippen LogP contribution in [0, 0.1) is 0 Å². The van der Waals surface area contributed by atoms with Crippen LogP contribution in [0.5, 0.6) is 0 Å². The molecule has 0 unspecified atom stereocenters. The molecule has 0 aliphatic heterocycles. The summed E-state index contributed by atoms with van der Waals surface area (Å²) in [6, 6.07) is 14.7. The number of halogens is 1. The second-order valence-corrected chi connectivity index (χ2v) is 6.36. The molecule has 5 nitrogen and oxygen atoms in total. The number of aromatic amines is 1. The summed E-state index contributed by atoms with van der Waals surface area (Å²) in [6.45, 7) is 0. The van der Waals surface area contributed by atoms with Crippen LogP contribution < -0.4 is 10.9 Å². The normalized spacial score (nSPS) is 10.7. The Hall–Kier alpha value is -2.47. The molecule has 0 bridgehead atoms. The van der Waals surface area contributed by atoms with Crippen LogP contribution in [0.3, 0.4) is 0 Å². The van der Waals surface area contributed by atoms with Gasteiger partial charge < -0.3 is 10.3 Å². The predicted molar refractivity (Wildman–Crippen MR) is 98.1 cm³/mol. The van der Waals surface area contributed by atoms with Gasteiger partial charge in [0.15, 0.2) is 0 Å². The van der Waals surface area contributed by atoms with E-state index in [4.69, 9.17) is 0 Å². The van der Waals surface area contributed by atoms with E-state index in [0.29, 0.717) is 36.0 Å². The smallest absolute Gasteiger partial charge is 0.258 e. The number of fused-ring (bicyclic) bond motifs is 1. The fourth-order valence-electron chi connectivity index (χ4n) is 2.46. The van der Waals surface area contributed by atoms with Crippen LogP contribution in [0.1, 0.15) is 18.7 Å². The summed E-state index contributed by atoms with van der Waals surface area (Å²) in [5.74, 6) is 0.546. The minimum atomic E-state index is -0.144. The number of carbonyl (C=O) groups excluding carboxylic acids is 1. The lowest BCUT2D eigenvalue weighted by Crippen LogP contribution is -2.14. The van der Waals surface area contributed by atoms with Crippen LogP contribution in [-0.2, 0) is 11.2 Å². The number of aryl methyl sites for hydroxylation is 1. The van der Waals surface area contributed by atoms with Crippen LogP contribution in [0.4, 0.5) is 5.69 Å². The highest BCUT2D eigenvalue weighted by Crippen LogP contribution is 2.16. The first-order chi connectivity index (χ1) is 11.6. The topological polar surface area (TPSA) is 74.8 Å². The lowest BCUT2D eigenvalue weighted by molar-refractivity contribution is -0.116. The van der Waals surface area contributed by atoms with Gasteiger partial charge in [-0.05, 0) is 36.8 Å². The molecule has 0 aliphatic carbocycles. The van der Waals surface area contributed by atoms with Gasteiger partial charge in [-0.25, -0.2) is 4.98 Å². The molecule has 0 radical (unpaired) electrons. The van der Waals surface area contributed by atoms with Gasteiger partial charge in [-0.15, -0.1) is 0 Å². The predicted octanol–water partition coefficient (Wildman–Crippen LogP) is 3.65. The molecule has 0 saturated carbocycles. The van der Waals surface area contributed by atoms with E-state index >= 15 is 0 Å². The molecule has 2 aromatic carbocycles. The van der Waals surface area contributed by atoms with Crippen LogP contribution in [0.15, 0.2) is 57.8 Å². The van der Waals surface area contributed by atoms with Crippen LogP contribution in [0.2, 0.25) is 0 Å². The zero-order valence-corrected chi connectivity index (χ0v) is 14.5. The first-order valence-corrected chi connectivity index (χ1v) is 8.44. The summed E-state index contributed by atoms with van der Waals surface area (Å²) in [7, 11) is 0. The first kappa shape index (κ1) is 16.4. The number of carbonyl (C=O) groups is 1. The molecule has 0 saturated heterocycles. The summed E-state index contributed by atoms with van der Waals surface area (Å²) in [6.07, 6.45) is 1.52. The zero-order chi connectivity index (χ0) is 16.9. The van der Waals surface area contributed by atoms with Crippen molar-refractivity contribution < 1.29 is 4.79 Å². The molecule has 24 heavy (non-hydrogen) atoms. The van der Waals surface area contributed by atoms with Crippen molar-refractivity contribution in [1.82, 2.24) is 9.97 Å². The third kappa shape index (κ3) is 4.08. The van der Waals surface area contributed by atoms with Gasteiger partial charge in [0.2, 0.25) is 5.91 Å². The SMILES string of the molecule is O=C(CCCc1nc2ccccc2c(=O)[nH]1)Nc1cccc(Br)c1. The van der Waals surface area contributed by atoms with Gasteiger partial charge in [-0.1, -0.05) is 34.1 Å². The number of nitrogens with zero attached hydrogens (tertiary/aromatic N) is 1. The van der Waals surface area contributed by atoms with Crippen molar-refractivity contribution in [2.24, 2.45) is 0 Å². The second-order valence-electron chi connectivity index (χ2n) is 5.44. The maximum atomic E-state index is 12.0. The fraction of sp³-hybridized carbons (Fsp3) is 0.167. The molecule has 0 aliphatic rings. The molecule has 2 N–H and O–H groups in total. The Kier molecular flexibility index (Phi) is 5.05. The Labute approximate surface area is 147 Å². The van der Waals surface area contributed by atoms with Gasteiger partial charge in [0.25, 0.3) is 5.56 Å². The van der Waals surface area contributed by atoms with Crippen molar-refractivity contribution in [2.45, 2.75) is 19.3 Å². The van der Waals surface area contributed by atoms with Crippen molar-refractivity contribution in [1.29, 1.82) is 0 Å². The third-order valence-corrected chi connectivity index (χ3v) is 4.08. The number of benzene rings is 2. The molecule has 1 heterocycles. The number of H-pyrrole nitrogens is 1. The molecule has 0 spiro atoms. The molecule has 3 aromatic rings. The minimum absolute atomic E-state index is 0.0590. The van der Waals surface area contributed by atoms with E-state index in [1.165, 1.54) is 0 Å². The van der Waals surface area contributed by atoms with E-state index in [2.05, 4.69) is 31.2 Å². The average Bonchev–Trinajstić information content (AvgIpc) is 2.55. The molecule has 122 valence electrons. The number of hydrogen-bond donors (Lipinski definition) is 2. The van der Waals surface area contributed by atoms with Crippen molar-refractivity contribution in [3.05, 3.63) is 69.2 Å². The summed E-state index contributed by atoms with van der Waals surface area (Å²) in [4.78, 5) is 31.2. The fourth-order valence-corrected chi connectivity index (χ4v) is 2.86. The van der Waals surface area contributed by atoms with E-state index in [9.17, 15) is 9.59 Å². The lowest BCUT2D eigenvalue weighted by Gasteiger charge is -2.06. The molecule has 0 fully saturated rings. The number of nitrogens with one attached hydrogen (secondary N) is 2.